The summed E-state index contributed by atoms with van der Waals surface area (Å²) in [6, 6.07) is 0. The molecule has 82 valence electrons. The Balaban J connectivity index is 3.60. The molecule has 0 aliphatic rings. The molecule has 0 amide bonds. The fraction of sp³-hybridized carbons (Fsp3) is 0.700. The summed E-state index contributed by atoms with van der Waals surface area (Å²) in [6.07, 6.45) is 3.10. The summed E-state index contributed by atoms with van der Waals surface area (Å²) in [5.74, 6) is -0.320. The molecule has 0 saturated heterocycles. The van der Waals surface area contributed by atoms with Crippen LogP contribution < -0.4 is 5.32 Å². The minimum absolute atomic E-state index is 0.211. The van der Waals surface area contributed by atoms with Gasteiger partial charge in [-0.3, -0.25) is 0 Å². The summed E-state index contributed by atoms with van der Waals surface area (Å²) in [4.78, 5) is 11.0. The van der Waals surface area contributed by atoms with Gasteiger partial charge in [-0.2, -0.15) is 0 Å². The van der Waals surface area contributed by atoms with Crippen molar-refractivity contribution < 1.29 is 14.6 Å². The van der Waals surface area contributed by atoms with Crippen molar-refractivity contribution in [1.82, 2.24) is 5.32 Å². The molecule has 4 heteroatoms. The van der Waals surface area contributed by atoms with Crippen molar-refractivity contribution in [3.8, 4) is 0 Å². The molecular formula is C10H19NO3. The van der Waals surface area contributed by atoms with Gasteiger partial charge in [0, 0.05) is 24.9 Å². The van der Waals surface area contributed by atoms with Gasteiger partial charge in [0.05, 0.1) is 6.61 Å². The molecule has 0 aliphatic heterocycles. The predicted molar refractivity (Wildman–Crippen MR) is 54.7 cm³/mol. The van der Waals surface area contributed by atoms with E-state index in [2.05, 4.69) is 5.32 Å². The molecule has 2 N–H and O–H groups in total. The van der Waals surface area contributed by atoms with Gasteiger partial charge in [0.25, 0.3) is 0 Å². The van der Waals surface area contributed by atoms with E-state index >= 15 is 0 Å². The number of unbranched alkanes of at least 4 members (excludes halogenated alkanes) is 1. The van der Waals surface area contributed by atoms with Crippen LogP contribution in [0.5, 0.6) is 0 Å². The highest BCUT2D eigenvalue weighted by Crippen LogP contribution is 1.91. The second-order valence-electron chi connectivity index (χ2n) is 2.94. The van der Waals surface area contributed by atoms with Crippen molar-refractivity contribution in [2.24, 2.45) is 0 Å². The molecule has 0 radical (unpaired) electrons. The largest absolute Gasteiger partial charge is 0.463 e. The lowest BCUT2D eigenvalue weighted by Crippen LogP contribution is -2.15. The molecule has 0 aromatic heterocycles. The number of hydrogen-bond donors (Lipinski definition) is 2. The Morgan fingerprint density at radius 3 is 2.79 bits per heavy atom. The van der Waals surface area contributed by atoms with Gasteiger partial charge in [-0.05, 0) is 26.7 Å². The number of carbonyl (C=O) groups is 1. The maximum absolute atomic E-state index is 11.0. The van der Waals surface area contributed by atoms with Crippen LogP contribution in [0.3, 0.4) is 0 Å². The second kappa shape index (κ2) is 8.56. The van der Waals surface area contributed by atoms with Crippen molar-refractivity contribution in [3.05, 3.63) is 11.8 Å². The summed E-state index contributed by atoms with van der Waals surface area (Å²) in [7, 11) is 0. The molecule has 0 unspecified atom stereocenters. The van der Waals surface area contributed by atoms with E-state index in [4.69, 9.17) is 9.84 Å². The molecule has 4 nitrogen and oxygen atoms in total. The van der Waals surface area contributed by atoms with Gasteiger partial charge in [0.2, 0.25) is 0 Å². The van der Waals surface area contributed by atoms with Gasteiger partial charge in [-0.15, -0.1) is 0 Å². The number of aliphatic hydroxyl groups excluding tert-OH is 1. The fourth-order valence-corrected chi connectivity index (χ4v) is 0.934. The number of carbonyl (C=O) groups excluding carboxylic acids is 1. The van der Waals surface area contributed by atoms with Crippen LogP contribution in [0.2, 0.25) is 0 Å². The minimum Gasteiger partial charge on any atom is -0.463 e. The highest BCUT2D eigenvalue weighted by atomic mass is 16.5. The third-order valence-corrected chi connectivity index (χ3v) is 1.61. The Morgan fingerprint density at radius 1 is 1.50 bits per heavy atom. The molecule has 0 aromatic rings. The van der Waals surface area contributed by atoms with Gasteiger partial charge in [-0.25, -0.2) is 4.79 Å². The Kier molecular flexibility index (Phi) is 7.93. The Bertz CT molecular complexity index is 190. The van der Waals surface area contributed by atoms with Gasteiger partial charge in [-0.1, -0.05) is 0 Å². The van der Waals surface area contributed by atoms with E-state index < -0.39 is 0 Å². The summed E-state index contributed by atoms with van der Waals surface area (Å²) in [6.45, 7) is 4.96. The lowest BCUT2D eigenvalue weighted by Gasteiger charge is -2.05. The zero-order valence-electron chi connectivity index (χ0n) is 8.88. The van der Waals surface area contributed by atoms with E-state index in [1.54, 1.807) is 6.92 Å². The predicted octanol–water partition coefficient (Wildman–Crippen LogP) is 0.815. The highest BCUT2D eigenvalue weighted by molar-refractivity contribution is 5.82. The molecule has 0 heterocycles. The van der Waals surface area contributed by atoms with Gasteiger partial charge in [0.1, 0.15) is 0 Å². The van der Waals surface area contributed by atoms with E-state index in [-0.39, 0.29) is 12.6 Å². The summed E-state index contributed by atoms with van der Waals surface area (Å²) >= 11 is 0. The lowest BCUT2D eigenvalue weighted by atomic mass is 10.3. The van der Waals surface area contributed by atoms with Crippen LogP contribution in [0.4, 0.5) is 0 Å². The molecule has 0 atom stereocenters. The first-order chi connectivity index (χ1) is 6.70. The molecule has 0 rings (SSSR count). The number of allylic oxidation sites excluding steroid dienone is 1. The zero-order chi connectivity index (χ0) is 10.8. The molecule has 0 saturated carbocycles. The zero-order valence-corrected chi connectivity index (χ0v) is 8.88. The van der Waals surface area contributed by atoms with Gasteiger partial charge in [0.15, 0.2) is 0 Å². The summed E-state index contributed by atoms with van der Waals surface area (Å²) < 4.78 is 4.74. The molecule has 14 heavy (non-hydrogen) atoms. The fourth-order valence-electron chi connectivity index (χ4n) is 0.934. The molecular weight excluding hydrogens is 182 g/mol. The molecule has 0 spiro atoms. The van der Waals surface area contributed by atoms with Crippen LogP contribution in [-0.2, 0) is 9.53 Å². The first kappa shape index (κ1) is 13.0. The monoisotopic (exact) mass is 201 g/mol. The standard InChI is InChI=1S/C10H19NO3/c1-3-14-10(13)8-9(2)11-6-4-5-7-12/h8,11-12H,3-7H2,1-2H3. The van der Waals surface area contributed by atoms with E-state index in [1.165, 1.54) is 6.08 Å². The van der Waals surface area contributed by atoms with Crippen LogP contribution in [0.25, 0.3) is 0 Å². The van der Waals surface area contributed by atoms with Crippen LogP contribution in [0, 0.1) is 0 Å². The van der Waals surface area contributed by atoms with Crippen LogP contribution in [0.15, 0.2) is 11.8 Å². The number of rotatable bonds is 7. The average Bonchev–Trinajstić information content (AvgIpc) is 2.13. The molecule has 0 aromatic carbocycles. The van der Waals surface area contributed by atoms with Gasteiger partial charge < -0.3 is 15.2 Å². The SMILES string of the molecule is CCOC(=O)C=C(C)NCCCCO. The Morgan fingerprint density at radius 2 is 2.21 bits per heavy atom. The number of hydrogen-bond acceptors (Lipinski definition) is 4. The topological polar surface area (TPSA) is 58.6 Å². The Labute approximate surface area is 85.0 Å². The van der Waals surface area contributed by atoms with E-state index in [0.717, 1.165) is 25.1 Å². The first-order valence-corrected chi connectivity index (χ1v) is 4.90. The van der Waals surface area contributed by atoms with E-state index in [9.17, 15) is 4.79 Å². The summed E-state index contributed by atoms with van der Waals surface area (Å²) in [5.41, 5.74) is 0.793. The lowest BCUT2D eigenvalue weighted by molar-refractivity contribution is -0.137. The van der Waals surface area contributed by atoms with E-state index in [1.807, 2.05) is 6.92 Å². The third-order valence-electron chi connectivity index (χ3n) is 1.61. The van der Waals surface area contributed by atoms with Crippen LogP contribution in [-0.4, -0.2) is 30.8 Å². The second-order valence-corrected chi connectivity index (χ2v) is 2.94. The maximum atomic E-state index is 11.0. The molecule has 0 aliphatic carbocycles. The Hall–Kier alpha value is -1.03. The third kappa shape index (κ3) is 7.61. The normalized spacial score (nSPS) is 11.2. The minimum atomic E-state index is -0.320. The number of esters is 1. The van der Waals surface area contributed by atoms with E-state index in [0.29, 0.717) is 6.61 Å². The van der Waals surface area contributed by atoms with Crippen molar-refractivity contribution in [1.29, 1.82) is 0 Å². The van der Waals surface area contributed by atoms with Crippen molar-refractivity contribution >= 4 is 5.97 Å². The first-order valence-electron chi connectivity index (χ1n) is 4.90. The maximum Gasteiger partial charge on any atom is 0.332 e. The summed E-state index contributed by atoms with van der Waals surface area (Å²) in [5, 5.41) is 11.6. The highest BCUT2D eigenvalue weighted by Gasteiger charge is 1.96. The molecule has 0 fully saturated rings. The number of aliphatic hydroxyl groups is 1. The van der Waals surface area contributed by atoms with Crippen LogP contribution in [0.1, 0.15) is 26.7 Å². The molecule has 0 bridgehead atoms. The van der Waals surface area contributed by atoms with Crippen molar-refractivity contribution in [2.45, 2.75) is 26.7 Å². The quantitative estimate of drug-likeness (QED) is 0.363. The van der Waals surface area contributed by atoms with Crippen LogP contribution >= 0.6 is 0 Å². The smallest absolute Gasteiger partial charge is 0.332 e. The number of ether oxygens (including phenoxy) is 1. The average molecular weight is 201 g/mol. The van der Waals surface area contributed by atoms with Crippen molar-refractivity contribution in [3.63, 3.8) is 0 Å². The van der Waals surface area contributed by atoms with Crippen molar-refractivity contribution in [2.75, 3.05) is 19.8 Å². The number of nitrogens with one attached hydrogen (secondary N) is 1. The van der Waals surface area contributed by atoms with Gasteiger partial charge >= 0.3 is 5.97 Å².